The van der Waals surface area contributed by atoms with Gasteiger partial charge in [0.05, 0.1) is 11.7 Å². The van der Waals surface area contributed by atoms with Crippen molar-refractivity contribution in [1.82, 2.24) is 29.5 Å². The molecular formula is C24H23N7O. The van der Waals surface area contributed by atoms with E-state index in [9.17, 15) is 4.79 Å². The third-order valence-corrected chi connectivity index (χ3v) is 6.74. The SMILES string of the molecule is Cc1ccc(NC(=O)N2[C@H]3CCC[C@]2(c2ncccn2)C3)cc1-c1ncc2cccn2n1. The molecule has 2 aliphatic rings. The molecule has 0 saturated carbocycles. The topological polar surface area (TPSA) is 88.3 Å². The lowest BCUT2D eigenvalue weighted by Gasteiger charge is -2.60. The van der Waals surface area contributed by atoms with Crippen molar-refractivity contribution in [2.75, 3.05) is 5.32 Å². The molecule has 2 fully saturated rings. The van der Waals surface area contributed by atoms with Gasteiger partial charge in [0.25, 0.3) is 0 Å². The summed E-state index contributed by atoms with van der Waals surface area (Å²) in [5.41, 5.74) is 3.20. The van der Waals surface area contributed by atoms with Crippen molar-refractivity contribution in [2.24, 2.45) is 0 Å². The number of hydrogen-bond acceptors (Lipinski definition) is 5. The molecule has 2 amide bonds. The van der Waals surface area contributed by atoms with E-state index >= 15 is 0 Å². The van der Waals surface area contributed by atoms with Gasteiger partial charge in [-0.15, -0.1) is 5.10 Å². The number of fused-ring (bicyclic) bond motifs is 3. The standard InChI is InChI=1S/C24H23N7O/c1-16-7-8-17(13-20(16)21-27-15-19-6-3-12-30(19)29-21)28-23(32)31-18-5-2-9-24(31,14-18)22-25-10-4-11-26-22/h3-4,6-8,10-13,15,18H,2,5,9,14H2,1H3,(H,28,32)/t18-,24+/m0/s1. The zero-order valence-electron chi connectivity index (χ0n) is 17.8. The highest BCUT2D eigenvalue weighted by Gasteiger charge is 2.59. The van der Waals surface area contributed by atoms with E-state index < -0.39 is 5.54 Å². The monoisotopic (exact) mass is 425 g/mol. The third-order valence-electron chi connectivity index (χ3n) is 6.74. The number of anilines is 1. The number of hydrogen-bond donors (Lipinski definition) is 1. The molecule has 8 heteroatoms. The number of urea groups is 1. The average molecular weight is 425 g/mol. The van der Waals surface area contributed by atoms with E-state index in [4.69, 9.17) is 0 Å². The van der Waals surface area contributed by atoms with Crippen LogP contribution < -0.4 is 5.32 Å². The second kappa shape index (κ2) is 7.12. The van der Waals surface area contributed by atoms with Crippen LogP contribution >= 0.6 is 0 Å². The quantitative estimate of drug-likeness (QED) is 0.532. The van der Waals surface area contributed by atoms with Crippen molar-refractivity contribution in [2.45, 2.75) is 44.2 Å². The molecule has 0 spiro atoms. The predicted octanol–water partition coefficient (Wildman–Crippen LogP) is 4.18. The van der Waals surface area contributed by atoms with Crippen LogP contribution in [0.3, 0.4) is 0 Å². The van der Waals surface area contributed by atoms with Crippen LogP contribution in [0.15, 0.2) is 61.2 Å². The summed E-state index contributed by atoms with van der Waals surface area (Å²) in [5.74, 6) is 1.36. The molecule has 0 unspecified atom stereocenters. The van der Waals surface area contributed by atoms with Gasteiger partial charge in [-0.3, -0.25) is 0 Å². The first-order chi connectivity index (χ1) is 15.6. The number of benzene rings is 1. The van der Waals surface area contributed by atoms with Crippen LogP contribution in [0.2, 0.25) is 0 Å². The van der Waals surface area contributed by atoms with E-state index in [1.54, 1.807) is 23.1 Å². The van der Waals surface area contributed by atoms with Gasteiger partial charge in [0.2, 0.25) is 0 Å². The number of carbonyl (C=O) groups excluding carboxylic acids is 1. The number of nitrogens with one attached hydrogen (secondary N) is 1. The van der Waals surface area contributed by atoms with Crippen molar-refractivity contribution in [1.29, 1.82) is 0 Å². The molecule has 5 heterocycles. The van der Waals surface area contributed by atoms with E-state index in [-0.39, 0.29) is 12.1 Å². The fourth-order valence-electron chi connectivity index (χ4n) is 5.19. The minimum atomic E-state index is -0.398. The minimum absolute atomic E-state index is 0.106. The van der Waals surface area contributed by atoms with Gasteiger partial charge in [0.15, 0.2) is 11.6 Å². The summed E-state index contributed by atoms with van der Waals surface area (Å²) >= 11 is 0. The zero-order valence-corrected chi connectivity index (χ0v) is 17.8. The van der Waals surface area contributed by atoms with E-state index in [1.807, 2.05) is 54.4 Å². The normalized spacial score (nSPS) is 21.9. The molecule has 2 aliphatic heterocycles. The van der Waals surface area contributed by atoms with E-state index in [0.29, 0.717) is 5.82 Å². The molecule has 0 radical (unpaired) electrons. The smallest absolute Gasteiger partial charge is 0.308 e. The lowest BCUT2D eigenvalue weighted by Crippen LogP contribution is -2.69. The molecule has 6 rings (SSSR count). The molecule has 3 aromatic heterocycles. The minimum Gasteiger partial charge on any atom is -0.308 e. The zero-order chi connectivity index (χ0) is 21.7. The summed E-state index contributed by atoms with van der Waals surface area (Å²) < 4.78 is 1.80. The van der Waals surface area contributed by atoms with Crippen molar-refractivity contribution in [3.05, 3.63) is 72.6 Å². The molecular weight excluding hydrogens is 402 g/mol. The van der Waals surface area contributed by atoms with Gasteiger partial charge in [-0.1, -0.05) is 6.07 Å². The van der Waals surface area contributed by atoms with E-state index in [0.717, 1.165) is 53.8 Å². The number of aryl methyl sites for hydroxylation is 1. The Kier molecular flexibility index (Phi) is 4.21. The van der Waals surface area contributed by atoms with Crippen molar-refractivity contribution in [3.8, 4) is 11.4 Å². The first kappa shape index (κ1) is 18.9. The summed E-state index contributed by atoms with van der Waals surface area (Å²) in [5, 5.41) is 7.72. The average Bonchev–Trinajstić information content (AvgIpc) is 3.29. The number of carbonyl (C=O) groups is 1. The van der Waals surface area contributed by atoms with Crippen LogP contribution in [0, 0.1) is 6.92 Å². The highest BCUT2D eigenvalue weighted by Crippen LogP contribution is 2.53. The number of nitrogens with zero attached hydrogens (tertiary/aromatic N) is 6. The molecule has 1 aromatic carbocycles. The maximum atomic E-state index is 13.4. The molecule has 2 saturated heterocycles. The summed E-state index contributed by atoms with van der Waals surface area (Å²) in [4.78, 5) is 28.8. The highest BCUT2D eigenvalue weighted by atomic mass is 16.2. The number of piperidine rings is 1. The Labute approximate surface area is 185 Å². The Morgan fingerprint density at radius 1 is 1.16 bits per heavy atom. The lowest BCUT2D eigenvalue weighted by molar-refractivity contribution is -0.0808. The predicted molar refractivity (Wildman–Crippen MR) is 120 cm³/mol. The maximum absolute atomic E-state index is 13.4. The maximum Gasteiger partial charge on any atom is 0.322 e. The number of rotatable bonds is 3. The van der Waals surface area contributed by atoms with Gasteiger partial charge in [-0.05, 0) is 68.5 Å². The Balaban J connectivity index is 1.30. The van der Waals surface area contributed by atoms with E-state index in [2.05, 4.69) is 25.4 Å². The Morgan fingerprint density at radius 2 is 2.03 bits per heavy atom. The Morgan fingerprint density at radius 3 is 2.88 bits per heavy atom. The molecule has 160 valence electrons. The van der Waals surface area contributed by atoms with Crippen molar-refractivity contribution < 1.29 is 4.79 Å². The van der Waals surface area contributed by atoms with Crippen LogP contribution in [0.25, 0.3) is 16.9 Å². The van der Waals surface area contributed by atoms with Crippen LogP contribution in [0.4, 0.5) is 10.5 Å². The molecule has 2 bridgehead atoms. The Hall–Kier alpha value is -3.81. The van der Waals surface area contributed by atoms with Crippen LogP contribution in [-0.2, 0) is 5.54 Å². The summed E-state index contributed by atoms with van der Waals surface area (Å²) in [6.45, 7) is 2.02. The summed E-state index contributed by atoms with van der Waals surface area (Å²) in [6, 6.07) is 11.7. The fourth-order valence-corrected chi connectivity index (χ4v) is 5.19. The molecule has 8 nitrogen and oxygen atoms in total. The highest BCUT2D eigenvalue weighted by molar-refractivity contribution is 5.92. The van der Waals surface area contributed by atoms with Gasteiger partial charge >= 0.3 is 6.03 Å². The first-order valence-corrected chi connectivity index (χ1v) is 10.9. The molecule has 0 aliphatic carbocycles. The molecule has 4 aromatic rings. The van der Waals surface area contributed by atoms with Crippen LogP contribution in [-0.4, -0.2) is 41.5 Å². The van der Waals surface area contributed by atoms with Crippen LogP contribution in [0.1, 0.15) is 37.1 Å². The summed E-state index contributed by atoms with van der Waals surface area (Å²) in [7, 11) is 0. The molecule has 2 atom stereocenters. The van der Waals surface area contributed by atoms with Crippen molar-refractivity contribution in [3.63, 3.8) is 0 Å². The van der Waals surface area contributed by atoms with Crippen molar-refractivity contribution >= 4 is 17.2 Å². The fraction of sp³-hybridized carbons (Fsp3) is 0.292. The largest absolute Gasteiger partial charge is 0.322 e. The van der Waals surface area contributed by atoms with Gasteiger partial charge < -0.3 is 10.2 Å². The Bertz CT molecular complexity index is 1310. The second-order valence-electron chi connectivity index (χ2n) is 8.64. The van der Waals surface area contributed by atoms with Gasteiger partial charge in [-0.2, -0.15) is 0 Å². The number of amides is 2. The van der Waals surface area contributed by atoms with Gasteiger partial charge in [0.1, 0.15) is 5.54 Å². The molecule has 32 heavy (non-hydrogen) atoms. The van der Waals surface area contributed by atoms with E-state index in [1.165, 1.54) is 0 Å². The van der Waals surface area contributed by atoms with Crippen LogP contribution in [0.5, 0.6) is 0 Å². The molecule has 1 N–H and O–H groups in total. The van der Waals surface area contributed by atoms with Gasteiger partial charge in [-0.25, -0.2) is 24.3 Å². The third kappa shape index (κ3) is 2.86. The second-order valence-corrected chi connectivity index (χ2v) is 8.64. The lowest BCUT2D eigenvalue weighted by atomic mass is 9.67. The van der Waals surface area contributed by atoms with Gasteiger partial charge in [0, 0.05) is 35.9 Å². The summed E-state index contributed by atoms with van der Waals surface area (Å²) in [6.07, 6.45) is 11.1. The first-order valence-electron chi connectivity index (χ1n) is 10.9. The number of aromatic nitrogens is 5.